The normalized spacial score (nSPS) is 3.56. The monoisotopic (exact) mass is 150 g/mol. The quantitative estimate of drug-likeness (QED) is 0.319. The van der Waals surface area contributed by atoms with Gasteiger partial charge < -0.3 is 15.0 Å². The Hall–Kier alpha value is 0.650. The van der Waals surface area contributed by atoms with Gasteiger partial charge in [0, 0.05) is 0 Å². The van der Waals surface area contributed by atoms with E-state index < -0.39 is 6.16 Å². The molecule has 0 N–H and O–H groups in total. The molecule has 7 heteroatoms. The van der Waals surface area contributed by atoms with Crippen LogP contribution in [0.4, 0.5) is 4.79 Å². The summed E-state index contributed by atoms with van der Waals surface area (Å²) in [7, 11) is 0. The van der Waals surface area contributed by atoms with Gasteiger partial charge in [-0.15, -0.1) is 0 Å². The maximum Gasteiger partial charge on any atom is 1.00 e. The second kappa shape index (κ2) is 23.4. The number of rotatable bonds is 0. The second-order valence-corrected chi connectivity index (χ2v) is 0.333. The van der Waals surface area contributed by atoms with Gasteiger partial charge >= 0.3 is 65.3 Å². The summed E-state index contributed by atoms with van der Waals surface area (Å²) in [4.78, 5) is 24.6. The van der Waals surface area contributed by atoms with Crippen LogP contribution in [0.25, 0.3) is 0 Å². The molecule has 0 atom stereocenters. The van der Waals surface area contributed by atoms with Crippen molar-refractivity contribution in [3.63, 3.8) is 0 Å². The summed E-state index contributed by atoms with van der Waals surface area (Å²) in [5.74, 6) is 0. The van der Waals surface area contributed by atoms with Crippen molar-refractivity contribution in [2.24, 2.45) is 0 Å². The van der Waals surface area contributed by atoms with Crippen LogP contribution in [0.5, 0.6) is 0 Å². The fourth-order valence-corrected chi connectivity index (χ4v) is 0. The molecule has 0 aromatic rings. The first kappa shape index (κ1) is 22.6. The third-order valence-electron chi connectivity index (χ3n) is 0. The maximum absolute atomic E-state index is 8.33. The molecular formula is C2Na2O5. The predicted molar refractivity (Wildman–Crippen MR) is 10.4 cm³/mol. The smallest absolute Gasteiger partial charge is 0.652 e. The number of carbonyl (C=O) groups is 1. The van der Waals surface area contributed by atoms with Crippen molar-refractivity contribution in [3.8, 4) is 0 Å². The van der Waals surface area contributed by atoms with Gasteiger partial charge in [0.05, 0.1) is 0 Å². The van der Waals surface area contributed by atoms with E-state index in [9.17, 15) is 0 Å². The molecule has 0 aliphatic rings. The first-order valence-electron chi connectivity index (χ1n) is 1.02. The Morgan fingerprint density at radius 2 is 1.11 bits per heavy atom. The van der Waals surface area contributed by atoms with Crippen LogP contribution in [0.3, 0.4) is 0 Å². The van der Waals surface area contributed by atoms with E-state index in [0.717, 1.165) is 0 Å². The Morgan fingerprint density at radius 1 is 1.11 bits per heavy atom. The van der Waals surface area contributed by atoms with Crippen molar-refractivity contribution in [1.29, 1.82) is 0 Å². The van der Waals surface area contributed by atoms with Crippen LogP contribution in [0, 0.1) is 0 Å². The zero-order valence-corrected chi connectivity index (χ0v) is 9.04. The van der Waals surface area contributed by atoms with Gasteiger partial charge in [-0.2, -0.15) is 9.59 Å². The van der Waals surface area contributed by atoms with Crippen molar-refractivity contribution < 1.29 is 83.7 Å². The van der Waals surface area contributed by atoms with E-state index in [0.29, 0.717) is 0 Å². The van der Waals surface area contributed by atoms with Gasteiger partial charge in [0.15, 0.2) is 0 Å². The van der Waals surface area contributed by atoms with Crippen molar-refractivity contribution in [1.82, 2.24) is 0 Å². The van der Waals surface area contributed by atoms with Gasteiger partial charge in [-0.05, 0) is 6.16 Å². The summed E-state index contributed by atoms with van der Waals surface area (Å²) < 4.78 is 0. The van der Waals surface area contributed by atoms with Crippen LogP contribution < -0.4 is 69.3 Å². The molecule has 0 aromatic carbocycles. The second-order valence-electron chi connectivity index (χ2n) is 0.333. The third kappa shape index (κ3) is 905. The number of hydrogen-bond donors (Lipinski definition) is 0. The molecule has 0 aromatic heterocycles. The molecule has 0 heterocycles. The van der Waals surface area contributed by atoms with Crippen LogP contribution in [-0.4, -0.2) is 12.3 Å². The summed E-state index contributed by atoms with van der Waals surface area (Å²) >= 11 is 0. The van der Waals surface area contributed by atoms with E-state index in [-0.39, 0.29) is 65.3 Å². The molecule has 9 heavy (non-hydrogen) atoms. The average molecular weight is 150 g/mol. The summed E-state index contributed by atoms with van der Waals surface area (Å²) in [6, 6.07) is 0. The molecule has 0 saturated heterocycles. The van der Waals surface area contributed by atoms with Crippen molar-refractivity contribution in [3.05, 3.63) is 0 Å². The Bertz CT molecular complexity index is 81.0. The van der Waals surface area contributed by atoms with E-state index in [1.165, 1.54) is 0 Å². The molecule has 0 radical (unpaired) electrons. The number of hydrogen-bond acceptors (Lipinski definition) is 5. The molecule has 0 spiro atoms. The molecule has 0 unspecified atom stereocenters. The minimum absolute atomic E-state index is 0. The van der Waals surface area contributed by atoms with E-state index >= 15 is 0 Å². The Labute approximate surface area is 95.0 Å². The minimum atomic E-state index is -2.33. The Kier molecular flexibility index (Phi) is 58.8. The van der Waals surface area contributed by atoms with Crippen LogP contribution in [-0.2, 0) is 9.59 Å². The van der Waals surface area contributed by atoms with Crippen LogP contribution >= 0.6 is 0 Å². The van der Waals surface area contributed by atoms with Gasteiger partial charge in [-0.1, -0.05) is 0 Å². The SMILES string of the molecule is O=C([O-])[O-].O=C=O.[Na+].[Na+]. The Morgan fingerprint density at radius 3 is 1.11 bits per heavy atom. The summed E-state index contributed by atoms with van der Waals surface area (Å²) in [5, 5.41) is 16.7. The first-order valence-corrected chi connectivity index (χ1v) is 1.02. The van der Waals surface area contributed by atoms with Gasteiger partial charge in [-0.3, -0.25) is 0 Å². The summed E-state index contributed by atoms with van der Waals surface area (Å²) in [6.07, 6.45) is -2.08. The molecule has 0 amide bonds. The molecule has 0 bridgehead atoms. The molecule has 0 aliphatic carbocycles. The Balaban J connectivity index is -0.0000000233. The topological polar surface area (TPSA) is 97.3 Å². The van der Waals surface area contributed by atoms with Gasteiger partial charge in [0.25, 0.3) is 0 Å². The zero-order chi connectivity index (χ0) is 6.28. The van der Waals surface area contributed by atoms with Crippen molar-refractivity contribution in [2.75, 3.05) is 0 Å². The fourth-order valence-electron chi connectivity index (χ4n) is 0. The molecule has 0 aliphatic heterocycles. The van der Waals surface area contributed by atoms with Gasteiger partial charge in [0.1, 0.15) is 0 Å². The zero-order valence-electron chi connectivity index (χ0n) is 5.04. The molecular weight excluding hydrogens is 150 g/mol. The number of carbonyl (C=O) groups excluding carboxylic acids is 3. The van der Waals surface area contributed by atoms with E-state index in [1.54, 1.807) is 0 Å². The molecule has 0 fully saturated rings. The van der Waals surface area contributed by atoms with Crippen LogP contribution in [0.1, 0.15) is 0 Å². The molecule has 40 valence electrons. The predicted octanol–water partition coefficient (Wildman–Crippen LogP) is -9.02. The average Bonchev–Trinajstić information content (AvgIpc) is 1.33. The van der Waals surface area contributed by atoms with Gasteiger partial charge in [0.2, 0.25) is 0 Å². The van der Waals surface area contributed by atoms with Gasteiger partial charge in [-0.25, -0.2) is 0 Å². The van der Waals surface area contributed by atoms with Crippen LogP contribution in [0.15, 0.2) is 0 Å². The first-order chi connectivity index (χ1) is 3.15. The molecule has 0 rings (SSSR count). The molecule has 0 saturated carbocycles. The fraction of sp³-hybridized carbons (Fsp3) is 0. The number of carboxylic acid groups (broad SMARTS) is 2. The maximum atomic E-state index is 8.33. The summed E-state index contributed by atoms with van der Waals surface area (Å²) in [6.45, 7) is 0. The minimum Gasteiger partial charge on any atom is -0.652 e. The largest absolute Gasteiger partial charge is 1.00 e. The van der Waals surface area contributed by atoms with E-state index in [1.807, 2.05) is 0 Å². The van der Waals surface area contributed by atoms with Crippen LogP contribution in [0.2, 0.25) is 0 Å². The third-order valence-corrected chi connectivity index (χ3v) is 0. The van der Waals surface area contributed by atoms with E-state index in [2.05, 4.69) is 0 Å². The van der Waals surface area contributed by atoms with E-state index in [4.69, 9.17) is 24.6 Å². The molecule has 5 nitrogen and oxygen atoms in total. The van der Waals surface area contributed by atoms with Crippen molar-refractivity contribution in [2.45, 2.75) is 0 Å². The standard InChI is InChI=1S/CH2O3.CO2.2Na/c2-1(3)4;2-1-3;;/h(H2,2,3,4);;;/q;;2*+1/p-2. The summed E-state index contributed by atoms with van der Waals surface area (Å²) in [5.41, 5.74) is 0. The van der Waals surface area contributed by atoms with Crippen molar-refractivity contribution >= 4 is 12.3 Å².